The monoisotopic (exact) mass is 529 g/mol. The summed E-state index contributed by atoms with van der Waals surface area (Å²) >= 11 is 2.73. The van der Waals surface area contributed by atoms with Crippen molar-refractivity contribution in [1.82, 2.24) is 14.8 Å². The Kier molecular flexibility index (Phi) is 8.72. The highest BCUT2D eigenvalue weighted by Crippen LogP contribution is 2.37. The molecule has 11 heteroatoms. The number of rotatable bonds is 9. The first-order chi connectivity index (χ1) is 17.5. The number of alkyl halides is 2. The molecule has 1 amide bonds. The average Bonchev–Trinajstić information content (AvgIpc) is 3.38. The number of ether oxygens (including phenoxy) is 1. The normalized spacial score (nSPS) is 13.4. The summed E-state index contributed by atoms with van der Waals surface area (Å²) in [6, 6.07) is 8.41. The summed E-state index contributed by atoms with van der Waals surface area (Å²) in [4.78, 5) is 14.0. The number of hydrogen-bond acceptors (Lipinski definition) is 7. The second kappa shape index (κ2) is 12.1. The molecule has 0 atom stereocenters. The molecule has 0 saturated carbocycles. The number of benzene rings is 1. The van der Waals surface area contributed by atoms with Crippen molar-refractivity contribution in [3.63, 3.8) is 0 Å². The quantitative estimate of drug-likeness (QED) is 0.268. The predicted molar refractivity (Wildman–Crippen MR) is 137 cm³/mol. The van der Waals surface area contributed by atoms with Crippen LogP contribution in [-0.2, 0) is 24.2 Å². The van der Waals surface area contributed by atoms with Gasteiger partial charge in [0.2, 0.25) is 5.91 Å². The second-order valence-electron chi connectivity index (χ2n) is 8.18. The highest BCUT2D eigenvalue weighted by Gasteiger charge is 2.21. The smallest absolute Gasteiger partial charge is 0.387 e. The van der Waals surface area contributed by atoms with E-state index in [-0.39, 0.29) is 17.4 Å². The Morgan fingerprint density at radius 3 is 2.69 bits per heavy atom. The van der Waals surface area contributed by atoms with Crippen molar-refractivity contribution in [3.8, 4) is 23.2 Å². The summed E-state index contributed by atoms with van der Waals surface area (Å²) < 4.78 is 31.0. The predicted octanol–water partition coefficient (Wildman–Crippen LogP) is 6.06. The van der Waals surface area contributed by atoms with Gasteiger partial charge in [0.15, 0.2) is 11.0 Å². The topological polar surface area (TPSA) is 92.8 Å². The number of aryl methyl sites for hydroxylation is 1. The number of nitrogens with zero attached hydrogens (tertiary/aromatic N) is 4. The van der Waals surface area contributed by atoms with Gasteiger partial charge in [-0.25, -0.2) is 0 Å². The number of anilines is 1. The van der Waals surface area contributed by atoms with E-state index in [1.807, 2.05) is 0 Å². The van der Waals surface area contributed by atoms with E-state index < -0.39 is 6.61 Å². The first-order valence-electron chi connectivity index (χ1n) is 11.6. The maximum atomic E-state index is 12.8. The SMILES string of the molecule is C=CCn1c(SCC(=O)Nc2sc3c(c2C#N)CCCCCC3)nnc1-c1ccc(OC(F)F)cc1. The van der Waals surface area contributed by atoms with Crippen molar-refractivity contribution in [2.24, 2.45) is 0 Å². The molecule has 1 aromatic carbocycles. The molecule has 7 nitrogen and oxygen atoms in total. The van der Waals surface area contributed by atoms with Gasteiger partial charge in [-0.3, -0.25) is 9.36 Å². The molecule has 0 saturated heterocycles. The lowest BCUT2D eigenvalue weighted by Gasteiger charge is -2.09. The lowest BCUT2D eigenvalue weighted by atomic mass is 9.97. The Hall–Kier alpha value is -3.23. The van der Waals surface area contributed by atoms with Crippen LogP contribution < -0.4 is 10.1 Å². The van der Waals surface area contributed by atoms with Crippen molar-refractivity contribution < 1.29 is 18.3 Å². The number of nitrogens with one attached hydrogen (secondary N) is 1. The van der Waals surface area contributed by atoms with Gasteiger partial charge >= 0.3 is 6.61 Å². The van der Waals surface area contributed by atoms with Crippen LogP contribution in [-0.4, -0.2) is 33.0 Å². The maximum absolute atomic E-state index is 12.8. The van der Waals surface area contributed by atoms with Gasteiger partial charge < -0.3 is 10.1 Å². The lowest BCUT2D eigenvalue weighted by Crippen LogP contribution is -2.14. The van der Waals surface area contributed by atoms with Crippen LogP contribution >= 0.6 is 23.1 Å². The summed E-state index contributed by atoms with van der Waals surface area (Å²) in [7, 11) is 0. The summed E-state index contributed by atoms with van der Waals surface area (Å²) in [6.07, 6.45) is 8.03. The lowest BCUT2D eigenvalue weighted by molar-refractivity contribution is -0.113. The van der Waals surface area contributed by atoms with Gasteiger partial charge in [-0.2, -0.15) is 14.0 Å². The van der Waals surface area contributed by atoms with Gasteiger partial charge in [0.05, 0.1) is 11.3 Å². The molecule has 0 bridgehead atoms. The molecule has 2 aromatic heterocycles. The zero-order valence-electron chi connectivity index (χ0n) is 19.5. The Morgan fingerprint density at radius 2 is 2.00 bits per heavy atom. The first-order valence-corrected chi connectivity index (χ1v) is 13.4. The molecule has 1 N–H and O–H groups in total. The molecule has 1 aliphatic carbocycles. The number of carbonyl (C=O) groups excluding carboxylic acids is 1. The average molecular weight is 530 g/mol. The van der Waals surface area contributed by atoms with Gasteiger partial charge in [0, 0.05) is 17.0 Å². The molecular formula is C25H25F2N5O2S2. The van der Waals surface area contributed by atoms with Crippen LogP contribution in [0.4, 0.5) is 13.8 Å². The minimum Gasteiger partial charge on any atom is -0.435 e. The molecule has 0 unspecified atom stereocenters. The summed E-state index contributed by atoms with van der Waals surface area (Å²) in [5.74, 6) is 0.428. The number of aromatic nitrogens is 3. The van der Waals surface area contributed by atoms with Crippen molar-refractivity contribution in [2.45, 2.75) is 56.8 Å². The third-order valence-corrected chi connectivity index (χ3v) is 7.91. The molecule has 0 fully saturated rings. The van der Waals surface area contributed by atoms with Crippen LogP contribution in [0.1, 0.15) is 41.7 Å². The second-order valence-corrected chi connectivity index (χ2v) is 10.2. The third kappa shape index (κ3) is 6.12. The van der Waals surface area contributed by atoms with Gasteiger partial charge in [0.1, 0.15) is 16.8 Å². The number of thiophene rings is 1. The number of nitriles is 1. The number of thioether (sulfide) groups is 1. The molecule has 4 rings (SSSR count). The fourth-order valence-corrected chi connectivity index (χ4v) is 6.11. The maximum Gasteiger partial charge on any atom is 0.387 e. The van der Waals surface area contributed by atoms with Crippen molar-refractivity contribution >= 4 is 34.0 Å². The van der Waals surface area contributed by atoms with Crippen LogP contribution in [0.15, 0.2) is 42.1 Å². The van der Waals surface area contributed by atoms with Gasteiger partial charge in [-0.1, -0.05) is 30.7 Å². The molecule has 188 valence electrons. The van der Waals surface area contributed by atoms with E-state index in [1.54, 1.807) is 22.8 Å². The van der Waals surface area contributed by atoms with Gasteiger partial charge in [0.25, 0.3) is 0 Å². The van der Waals surface area contributed by atoms with E-state index in [1.165, 1.54) is 53.0 Å². The third-order valence-electron chi connectivity index (χ3n) is 5.73. The molecule has 36 heavy (non-hydrogen) atoms. The van der Waals surface area contributed by atoms with E-state index in [0.29, 0.717) is 33.7 Å². The van der Waals surface area contributed by atoms with Crippen LogP contribution in [0.5, 0.6) is 5.75 Å². The van der Waals surface area contributed by atoms with Crippen LogP contribution in [0.25, 0.3) is 11.4 Å². The van der Waals surface area contributed by atoms with Gasteiger partial charge in [-0.05, 0) is 55.5 Å². The Balaban J connectivity index is 1.46. The summed E-state index contributed by atoms with van der Waals surface area (Å²) in [5, 5.41) is 22.2. The standard InChI is InChI=1S/C25H25F2N5O2S2/c1-2-13-32-22(16-9-11-17(12-10-16)34-24(26)27)30-31-25(32)35-15-21(33)29-23-19(14-28)18-7-5-3-4-6-8-20(18)36-23/h2,9-12,24H,1,3-8,13,15H2,(H,29,33). The van der Waals surface area contributed by atoms with Crippen molar-refractivity contribution in [2.75, 3.05) is 11.1 Å². The molecule has 0 aliphatic heterocycles. The van der Waals surface area contributed by atoms with Gasteiger partial charge in [-0.15, -0.1) is 28.1 Å². The van der Waals surface area contributed by atoms with Crippen molar-refractivity contribution in [3.05, 3.63) is 52.9 Å². The number of halogens is 2. The Bertz CT molecular complexity index is 1260. The molecule has 0 radical (unpaired) electrons. The number of amides is 1. The Labute approximate surface area is 216 Å². The zero-order valence-corrected chi connectivity index (χ0v) is 21.1. The fraction of sp³-hybridized carbons (Fsp3) is 0.360. The number of carbonyl (C=O) groups is 1. The van der Waals surface area contributed by atoms with E-state index in [4.69, 9.17) is 0 Å². The molecular weight excluding hydrogens is 504 g/mol. The summed E-state index contributed by atoms with van der Waals surface area (Å²) in [6.45, 7) is 1.28. The number of hydrogen-bond donors (Lipinski definition) is 1. The fourth-order valence-electron chi connectivity index (χ4n) is 4.11. The minimum absolute atomic E-state index is 0.0491. The van der Waals surface area contributed by atoms with E-state index in [0.717, 1.165) is 31.2 Å². The minimum atomic E-state index is -2.90. The van der Waals surface area contributed by atoms with Crippen LogP contribution in [0.3, 0.4) is 0 Å². The Morgan fingerprint density at radius 1 is 1.25 bits per heavy atom. The molecule has 1 aliphatic rings. The van der Waals surface area contributed by atoms with E-state index in [2.05, 4.69) is 32.9 Å². The summed E-state index contributed by atoms with van der Waals surface area (Å²) in [5.41, 5.74) is 2.34. The van der Waals surface area contributed by atoms with Crippen LogP contribution in [0, 0.1) is 11.3 Å². The molecule has 0 spiro atoms. The van der Waals surface area contributed by atoms with Crippen molar-refractivity contribution in [1.29, 1.82) is 5.26 Å². The highest BCUT2D eigenvalue weighted by molar-refractivity contribution is 7.99. The first kappa shape index (κ1) is 25.9. The number of allylic oxidation sites excluding steroid dienone is 1. The van der Waals surface area contributed by atoms with E-state index in [9.17, 15) is 18.8 Å². The molecule has 2 heterocycles. The van der Waals surface area contributed by atoms with E-state index >= 15 is 0 Å². The highest BCUT2D eigenvalue weighted by atomic mass is 32.2. The largest absolute Gasteiger partial charge is 0.435 e. The number of fused-ring (bicyclic) bond motifs is 1. The zero-order chi connectivity index (χ0) is 25.5. The van der Waals surface area contributed by atoms with Crippen LogP contribution in [0.2, 0.25) is 0 Å². The molecule has 3 aromatic rings.